The zero-order chi connectivity index (χ0) is 38.3. The summed E-state index contributed by atoms with van der Waals surface area (Å²) >= 11 is 6.27. The van der Waals surface area contributed by atoms with Gasteiger partial charge < -0.3 is 29.9 Å². The number of nitrogens with zero attached hydrogens (tertiary/aromatic N) is 2. The van der Waals surface area contributed by atoms with Crippen LogP contribution in [0.15, 0.2) is 24.3 Å². The van der Waals surface area contributed by atoms with E-state index in [9.17, 15) is 36.8 Å². The van der Waals surface area contributed by atoms with Gasteiger partial charge in [-0.1, -0.05) is 36.6 Å². The lowest BCUT2D eigenvalue weighted by atomic mass is 9.99. The van der Waals surface area contributed by atoms with Gasteiger partial charge in [0.25, 0.3) is 5.91 Å². The first-order valence-corrected chi connectivity index (χ1v) is 20.2. The Morgan fingerprint density at radius 1 is 1.08 bits per heavy atom. The van der Waals surface area contributed by atoms with E-state index in [4.69, 9.17) is 21.1 Å². The van der Waals surface area contributed by atoms with Gasteiger partial charge in [0.15, 0.2) is 0 Å². The highest BCUT2D eigenvalue weighted by atomic mass is 35.5. The summed E-state index contributed by atoms with van der Waals surface area (Å²) in [6.07, 6.45) is 5.26. The molecule has 0 aromatic heterocycles. The van der Waals surface area contributed by atoms with E-state index >= 15 is 0 Å². The lowest BCUT2D eigenvalue weighted by Gasteiger charge is -2.30. The molecule has 5 atom stereocenters. The van der Waals surface area contributed by atoms with Crippen LogP contribution < -0.4 is 15.4 Å². The Kier molecular flexibility index (Phi) is 11.0. The van der Waals surface area contributed by atoms with Crippen LogP contribution in [0.4, 0.5) is 14.0 Å². The van der Waals surface area contributed by atoms with Gasteiger partial charge in [-0.15, -0.1) is 0 Å². The fourth-order valence-corrected chi connectivity index (χ4v) is 8.90. The van der Waals surface area contributed by atoms with Crippen LogP contribution in [-0.2, 0) is 46.8 Å². The minimum Gasteiger partial charge on any atom is -0.444 e. The van der Waals surface area contributed by atoms with Gasteiger partial charge in [0.05, 0.1) is 18.3 Å². The molecule has 5 aliphatic rings. The molecule has 1 aromatic rings. The molecule has 1 saturated heterocycles. The molecule has 290 valence electrons. The summed E-state index contributed by atoms with van der Waals surface area (Å²) in [5, 5.41) is 5.18. The molecule has 3 heterocycles. The molecule has 0 bridgehead atoms. The summed E-state index contributed by atoms with van der Waals surface area (Å²) in [5.41, 5.74) is -1.52. The number of carbonyl (C=O) groups is 5. The normalized spacial score (nSPS) is 28.5. The maximum Gasteiger partial charge on any atom is 0.410 e. The number of allylic oxidation sites excluding steroid dienone is 1. The molecule has 3 N–H and O–H groups in total. The Hall–Kier alpha value is -3.92. The Labute approximate surface area is 313 Å². The first kappa shape index (κ1) is 38.8. The number of ether oxygens (including phenoxy) is 2. The summed E-state index contributed by atoms with van der Waals surface area (Å²) in [6, 6.07) is 0.368. The number of benzene rings is 1. The molecular weight excluding hydrogens is 733 g/mol. The molecule has 1 aromatic carbocycles. The molecule has 2 aliphatic carbocycles. The maximum atomic E-state index is 14.7. The van der Waals surface area contributed by atoms with Crippen molar-refractivity contribution >= 4 is 51.5 Å². The van der Waals surface area contributed by atoms with E-state index in [0.29, 0.717) is 49.1 Å². The zero-order valence-electron chi connectivity index (χ0n) is 30.1. The van der Waals surface area contributed by atoms with E-state index in [0.717, 1.165) is 6.42 Å². The molecule has 53 heavy (non-hydrogen) atoms. The summed E-state index contributed by atoms with van der Waals surface area (Å²) in [6.45, 7) is 4.97. The number of rotatable bonds is 5. The highest BCUT2D eigenvalue weighted by molar-refractivity contribution is 7.91. The topological polar surface area (TPSA) is 181 Å². The fraction of sp³-hybridized carbons (Fsp3) is 0.639. The predicted molar refractivity (Wildman–Crippen MR) is 190 cm³/mol. The second-order valence-electron chi connectivity index (χ2n) is 15.6. The summed E-state index contributed by atoms with van der Waals surface area (Å²) < 4.78 is 53.7. The average molecular weight is 780 g/mol. The number of alkyl carbamates (subject to hydrolysis) is 1. The molecule has 2 saturated carbocycles. The van der Waals surface area contributed by atoms with E-state index < -0.39 is 86.2 Å². The highest BCUT2D eigenvalue weighted by Crippen LogP contribution is 2.46. The second kappa shape index (κ2) is 15.1. The van der Waals surface area contributed by atoms with Crippen LogP contribution in [0.25, 0.3) is 0 Å². The molecule has 0 radical (unpaired) electrons. The average Bonchev–Trinajstić information content (AvgIpc) is 4.01. The van der Waals surface area contributed by atoms with Gasteiger partial charge in [0.1, 0.15) is 35.1 Å². The van der Waals surface area contributed by atoms with E-state index in [-0.39, 0.29) is 44.5 Å². The number of hydrogen-bond acceptors (Lipinski definition) is 9. The lowest BCUT2D eigenvalue weighted by molar-refractivity contribution is -0.141. The second-order valence-corrected chi connectivity index (χ2v) is 18.0. The van der Waals surface area contributed by atoms with Crippen molar-refractivity contribution in [3.05, 3.63) is 46.3 Å². The quantitative estimate of drug-likeness (QED) is 0.375. The molecule has 0 spiro atoms. The van der Waals surface area contributed by atoms with Crippen LogP contribution >= 0.6 is 11.6 Å². The van der Waals surface area contributed by atoms with Crippen molar-refractivity contribution in [1.29, 1.82) is 0 Å². The molecule has 17 heteroatoms. The fourth-order valence-electron chi connectivity index (χ4n) is 7.26. The van der Waals surface area contributed by atoms with Crippen LogP contribution in [0.1, 0.15) is 89.7 Å². The third kappa shape index (κ3) is 8.90. The summed E-state index contributed by atoms with van der Waals surface area (Å²) in [7, 11) is -3.93. The minimum absolute atomic E-state index is 0.0853. The maximum absolute atomic E-state index is 14.7. The number of carbonyl (C=O) groups excluding carboxylic acids is 5. The molecule has 3 fully saturated rings. The Balaban J connectivity index is 1.25. The monoisotopic (exact) mass is 779 g/mol. The van der Waals surface area contributed by atoms with Gasteiger partial charge in [-0.25, -0.2) is 22.4 Å². The standard InChI is InChI=1S/C36H47ClFN5O9S/c1-35(2,3)52-33(47)39-28-10-8-6-4-5-7-9-21-18-36(21,32(46)41-53(49,50)23-11-12-23)40-30(44)29-17-22(19-43(29)31(28)45)51-34(48)42-16-15-24-25(20-42)27(38)14-13-26(24)37/h7,9,13-14,21-23,28-29H,4-6,8,10-12,15-20H2,1-3H3,(H,39,47)(H,40,44)(H,41,46)/b9-7-/t21-,22-,28+,29+,36-/m1/s1. The number of amides is 5. The van der Waals surface area contributed by atoms with Gasteiger partial charge in [-0.2, -0.15) is 0 Å². The van der Waals surface area contributed by atoms with E-state index in [1.165, 1.54) is 21.9 Å². The SMILES string of the molecule is CC(C)(C)OC(=O)N[C@H]1CCCCC/C=C\[C@@H]2C[C@@]2(C(=O)NS(=O)(=O)C2CC2)NC(=O)[C@@H]2C[C@@H](OC(=O)N3CCc4c(Cl)ccc(F)c4C3)CN2C1=O. The highest BCUT2D eigenvalue weighted by Gasteiger charge is 2.62. The van der Waals surface area contributed by atoms with E-state index in [1.54, 1.807) is 20.8 Å². The van der Waals surface area contributed by atoms with Crippen molar-refractivity contribution in [2.24, 2.45) is 5.92 Å². The van der Waals surface area contributed by atoms with Crippen LogP contribution in [0.3, 0.4) is 0 Å². The van der Waals surface area contributed by atoms with Crippen LogP contribution in [-0.4, -0.2) is 95.8 Å². The molecule has 0 unspecified atom stereocenters. The Morgan fingerprint density at radius 2 is 1.83 bits per heavy atom. The number of fused-ring (bicyclic) bond motifs is 3. The summed E-state index contributed by atoms with van der Waals surface area (Å²) in [4.78, 5) is 71.1. The Morgan fingerprint density at radius 3 is 2.55 bits per heavy atom. The molecular formula is C36H47ClFN5O9S. The molecule has 5 amide bonds. The van der Waals surface area contributed by atoms with Crippen molar-refractivity contribution in [1.82, 2.24) is 25.2 Å². The largest absolute Gasteiger partial charge is 0.444 e. The van der Waals surface area contributed by atoms with Gasteiger partial charge in [0, 0.05) is 29.5 Å². The van der Waals surface area contributed by atoms with E-state index in [1.807, 2.05) is 12.2 Å². The molecule has 6 rings (SSSR count). The third-order valence-electron chi connectivity index (χ3n) is 10.4. The number of sulfonamides is 1. The van der Waals surface area contributed by atoms with E-state index in [2.05, 4.69) is 15.4 Å². The molecule has 3 aliphatic heterocycles. The molecule has 14 nitrogen and oxygen atoms in total. The Bertz CT molecular complexity index is 1800. The van der Waals surface area contributed by atoms with Crippen molar-refractivity contribution < 1.29 is 46.3 Å². The van der Waals surface area contributed by atoms with Crippen molar-refractivity contribution in [3.63, 3.8) is 0 Å². The zero-order valence-corrected chi connectivity index (χ0v) is 31.7. The first-order valence-electron chi connectivity index (χ1n) is 18.2. The number of hydrogen-bond donors (Lipinski definition) is 3. The van der Waals surface area contributed by atoms with Crippen molar-refractivity contribution in [2.45, 2.75) is 126 Å². The van der Waals surface area contributed by atoms with Crippen LogP contribution in [0, 0.1) is 11.7 Å². The predicted octanol–water partition coefficient (Wildman–Crippen LogP) is 3.84. The van der Waals surface area contributed by atoms with Gasteiger partial charge >= 0.3 is 12.2 Å². The number of halogens is 2. The lowest BCUT2D eigenvalue weighted by Crippen LogP contribution is -2.58. The van der Waals surface area contributed by atoms with Crippen LogP contribution in [0.2, 0.25) is 5.02 Å². The van der Waals surface area contributed by atoms with Gasteiger partial charge in [-0.05, 0) is 83.4 Å². The minimum atomic E-state index is -3.93. The summed E-state index contributed by atoms with van der Waals surface area (Å²) in [5.74, 6) is -3.18. The van der Waals surface area contributed by atoms with Gasteiger partial charge in [0.2, 0.25) is 21.8 Å². The first-order chi connectivity index (χ1) is 25.0. The van der Waals surface area contributed by atoms with Gasteiger partial charge in [-0.3, -0.25) is 19.1 Å². The van der Waals surface area contributed by atoms with Crippen molar-refractivity contribution in [2.75, 3.05) is 13.1 Å². The van der Waals surface area contributed by atoms with Crippen molar-refractivity contribution in [3.8, 4) is 0 Å². The number of nitrogens with one attached hydrogen (secondary N) is 3. The smallest absolute Gasteiger partial charge is 0.410 e. The van der Waals surface area contributed by atoms with Crippen LogP contribution in [0.5, 0.6) is 0 Å². The third-order valence-corrected chi connectivity index (χ3v) is 12.5.